The van der Waals surface area contributed by atoms with Gasteiger partial charge in [0.25, 0.3) is 5.91 Å². The van der Waals surface area contributed by atoms with Crippen LogP contribution in [-0.4, -0.2) is 39.5 Å². The molecule has 10 heteroatoms. The minimum absolute atomic E-state index is 0.105. The maximum atomic E-state index is 14.7. The van der Waals surface area contributed by atoms with E-state index in [-0.39, 0.29) is 40.4 Å². The zero-order valence-electron chi connectivity index (χ0n) is 21.3. The van der Waals surface area contributed by atoms with Crippen molar-refractivity contribution >= 4 is 40.6 Å². The van der Waals surface area contributed by atoms with Gasteiger partial charge in [0.1, 0.15) is 5.82 Å². The van der Waals surface area contributed by atoms with E-state index in [4.69, 9.17) is 4.74 Å². The van der Waals surface area contributed by atoms with Crippen LogP contribution in [0.25, 0.3) is 17.2 Å². The van der Waals surface area contributed by atoms with E-state index in [1.54, 1.807) is 18.2 Å². The number of ether oxygens (including phenoxy) is 1. The topological polar surface area (TPSA) is 128 Å². The van der Waals surface area contributed by atoms with Crippen molar-refractivity contribution in [2.75, 3.05) is 7.11 Å². The molecule has 0 spiro atoms. The quantitative estimate of drug-likeness (QED) is 0.257. The van der Waals surface area contributed by atoms with Crippen molar-refractivity contribution in [1.82, 2.24) is 5.32 Å². The third kappa shape index (κ3) is 6.30. The number of aliphatic hydroxyl groups excluding tert-OH is 1. The number of aliphatic carboxylic acids is 1. The average molecular weight is 551 g/mol. The molecule has 4 rings (SSSR count). The van der Waals surface area contributed by atoms with Crippen molar-refractivity contribution in [2.24, 2.45) is 4.99 Å². The number of nitrogens with zero attached hydrogens (tertiary/aromatic N) is 1. The first-order valence-electron chi connectivity index (χ1n) is 12.2. The van der Waals surface area contributed by atoms with Gasteiger partial charge in [-0.25, -0.2) is 9.38 Å². The van der Waals surface area contributed by atoms with Gasteiger partial charge in [-0.05, 0) is 65.2 Å². The van der Waals surface area contributed by atoms with Gasteiger partial charge in [-0.3, -0.25) is 9.59 Å². The molecule has 1 fully saturated rings. The molecule has 3 aromatic carbocycles. The van der Waals surface area contributed by atoms with Crippen LogP contribution in [0.15, 0.2) is 64.5 Å². The Morgan fingerprint density at radius 3 is 2.51 bits per heavy atom. The number of nitrogens with one attached hydrogen (secondary N) is 1. The minimum atomic E-state index is -1.08. The summed E-state index contributed by atoms with van der Waals surface area (Å²) < 4.78 is 19.9. The highest BCUT2D eigenvalue weighted by molar-refractivity contribution is 8.18. The van der Waals surface area contributed by atoms with Crippen molar-refractivity contribution < 1.29 is 34.0 Å². The Morgan fingerprint density at radius 1 is 1.15 bits per heavy atom. The van der Waals surface area contributed by atoms with Crippen LogP contribution in [0.1, 0.15) is 42.4 Å². The van der Waals surface area contributed by atoms with E-state index in [9.17, 15) is 29.3 Å². The largest absolute Gasteiger partial charge is 0.504 e. The third-order valence-electron chi connectivity index (χ3n) is 6.20. The Kier molecular flexibility index (Phi) is 8.68. The van der Waals surface area contributed by atoms with Crippen LogP contribution in [0.2, 0.25) is 0 Å². The van der Waals surface area contributed by atoms with Gasteiger partial charge in [0.05, 0.1) is 30.2 Å². The second-order valence-corrected chi connectivity index (χ2v) is 9.86. The van der Waals surface area contributed by atoms with Crippen molar-refractivity contribution in [2.45, 2.75) is 32.3 Å². The molecule has 1 unspecified atom stereocenters. The number of aliphatic hydroxyl groups is 1. The van der Waals surface area contributed by atoms with Gasteiger partial charge in [0.15, 0.2) is 16.7 Å². The SMILES string of the molecule is CCCC(C(=O)O)c1ccc(N=C2NC(=O)C(=Cc3ccc(-c4cc(CO)c(O)c(OC)c4)cc3)S2)cc1F. The van der Waals surface area contributed by atoms with Crippen LogP contribution in [-0.2, 0) is 16.2 Å². The number of aliphatic imine (C=N–C) groups is 1. The van der Waals surface area contributed by atoms with Gasteiger partial charge in [-0.1, -0.05) is 43.7 Å². The molecule has 1 heterocycles. The number of aromatic hydroxyl groups is 1. The highest BCUT2D eigenvalue weighted by Gasteiger charge is 2.25. The number of amidine groups is 1. The first-order valence-corrected chi connectivity index (χ1v) is 13.0. The Hall–Kier alpha value is -4.15. The number of carboxylic acids is 1. The van der Waals surface area contributed by atoms with Gasteiger partial charge in [0.2, 0.25) is 0 Å². The molecule has 0 saturated carbocycles. The summed E-state index contributed by atoms with van der Waals surface area (Å²) in [6.45, 7) is 1.50. The fraction of sp³-hybridized carbons (Fsp3) is 0.207. The molecular formula is C29H27FN2O6S. The van der Waals surface area contributed by atoms with E-state index >= 15 is 0 Å². The number of phenols is 1. The highest BCUT2D eigenvalue weighted by atomic mass is 32.2. The van der Waals surface area contributed by atoms with E-state index < -0.39 is 17.7 Å². The molecule has 1 atom stereocenters. The van der Waals surface area contributed by atoms with E-state index in [2.05, 4.69) is 10.3 Å². The van der Waals surface area contributed by atoms with Crippen LogP contribution in [0.3, 0.4) is 0 Å². The summed E-state index contributed by atoms with van der Waals surface area (Å²) in [5, 5.41) is 32.0. The Morgan fingerprint density at radius 2 is 1.90 bits per heavy atom. The lowest BCUT2D eigenvalue weighted by molar-refractivity contribution is -0.139. The number of benzene rings is 3. The van der Waals surface area contributed by atoms with Crippen LogP contribution in [0.4, 0.5) is 10.1 Å². The molecule has 8 nitrogen and oxygen atoms in total. The number of methoxy groups -OCH3 is 1. The Bertz CT molecular complexity index is 1440. The number of hydrogen-bond acceptors (Lipinski definition) is 7. The van der Waals surface area contributed by atoms with E-state index in [1.165, 1.54) is 25.3 Å². The van der Waals surface area contributed by atoms with Crippen LogP contribution < -0.4 is 10.1 Å². The molecule has 0 bridgehead atoms. The fourth-order valence-corrected chi connectivity index (χ4v) is 5.04. The van der Waals surface area contributed by atoms with Crippen LogP contribution in [0.5, 0.6) is 11.5 Å². The van der Waals surface area contributed by atoms with Crippen LogP contribution in [0, 0.1) is 5.82 Å². The molecule has 1 saturated heterocycles. The zero-order chi connectivity index (χ0) is 28.1. The fourth-order valence-electron chi connectivity index (χ4n) is 4.20. The lowest BCUT2D eigenvalue weighted by Crippen LogP contribution is -2.19. The number of hydrogen-bond donors (Lipinski definition) is 4. The standard InChI is InChI=1S/C29H27FN2O6S/c1-3-4-22(28(36)37)21-10-9-20(14-23(21)30)31-29-32-27(35)25(39-29)11-16-5-7-17(8-6-16)18-12-19(15-33)26(34)24(13-18)38-2/h5-14,22,33-34H,3-4,15H2,1-2H3,(H,36,37)(H,31,32,35). The second-order valence-electron chi connectivity index (χ2n) is 8.83. The summed E-state index contributed by atoms with van der Waals surface area (Å²) in [6.07, 6.45) is 2.64. The maximum Gasteiger partial charge on any atom is 0.311 e. The minimum Gasteiger partial charge on any atom is -0.504 e. The maximum absolute atomic E-state index is 14.7. The Balaban J connectivity index is 1.52. The summed E-state index contributed by atoms with van der Waals surface area (Å²) in [5.74, 6) is -2.85. The first-order chi connectivity index (χ1) is 18.7. The normalized spacial score (nSPS) is 15.9. The van der Waals surface area contributed by atoms with Gasteiger partial charge >= 0.3 is 5.97 Å². The lowest BCUT2D eigenvalue weighted by Gasteiger charge is -2.12. The molecule has 4 N–H and O–H groups in total. The molecule has 202 valence electrons. The zero-order valence-corrected chi connectivity index (χ0v) is 22.1. The van der Waals surface area contributed by atoms with Gasteiger partial charge < -0.3 is 25.4 Å². The number of carbonyl (C=O) groups is 2. The van der Waals surface area contributed by atoms with Crippen molar-refractivity contribution in [3.63, 3.8) is 0 Å². The van der Waals surface area contributed by atoms with Gasteiger partial charge in [-0.2, -0.15) is 0 Å². The smallest absolute Gasteiger partial charge is 0.311 e. The molecule has 1 aliphatic heterocycles. The monoisotopic (exact) mass is 550 g/mol. The molecule has 39 heavy (non-hydrogen) atoms. The number of thioether (sulfide) groups is 1. The summed E-state index contributed by atoms with van der Waals surface area (Å²) in [4.78, 5) is 28.7. The molecule has 1 amide bonds. The predicted molar refractivity (Wildman–Crippen MR) is 149 cm³/mol. The van der Waals surface area contributed by atoms with E-state index in [1.807, 2.05) is 31.2 Å². The molecule has 0 radical (unpaired) electrons. The van der Waals surface area contributed by atoms with Crippen molar-refractivity contribution in [3.8, 4) is 22.6 Å². The summed E-state index contributed by atoms with van der Waals surface area (Å²) in [5.41, 5.74) is 3.05. The molecule has 0 aromatic heterocycles. The number of halogens is 1. The summed E-state index contributed by atoms with van der Waals surface area (Å²) in [6, 6.07) is 14.8. The second kappa shape index (κ2) is 12.1. The summed E-state index contributed by atoms with van der Waals surface area (Å²) in [7, 11) is 1.44. The van der Waals surface area contributed by atoms with Crippen molar-refractivity contribution in [3.05, 3.63) is 82.0 Å². The van der Waals surface area contributed by atoms with E-state index in [0.29, 0.717) is 23.3 Å². The van der Waals surface area contributed by atoms with Gasteiger partial charge in [-0.15, -0.1) is 0 Å². The highest BCUT2D eigenvalue weighted by Crippen LogP contribution is 2.36. The number of rotatable bonds is 9. The number of carbonyl (C=O) groups excluding carboxylic acids is 1. The van der Waals surface area contributed by atoms with Crippen molar-refractivity contribution in [1.29, 1.82) is 0 Å². The summed E-state index contributed by atoms with van der Waals surface area (Å²) >= 11 is 1.11. The third-order valence-corrected chi connectivity index (χ3v) is 7.11. The number of amides is 1. The van der Waals surface area contributed by atoms with E-state index in [0.717, 1.165) is 28.5 Å². The predicted octanol–water partition coefficient (Wildman–Crippen LogP) is 5.56. The average Bonchev–Trinajstić information content (AvgIpc) is 3.26. The molecular weight excluding hydrogens is 523 g/mol. The first kappa shape index (κ1) is 27.9. The number of carboxylic acid groups (broad SMARTS) is 1. The lowest BCUT2D eigenvalue weighted by atomic mass is 9.94. The molecule has 3 aromatic rings. The molecule has 0 aliphatic carbocycles. The van der Waals surface area contributed by atoms with Gasteiger partial charge in [0, 0.05) is 11.1 Å². The molecule has 1 aliphatic rings. The Labute approximate surface area is 228 Å². The van der Waals surface area contributed by atoms with Crippen LogP contribution >= 0.6 is 11.8 Å².